The van der Waals surface area contributed by atoms with Crippen LogP contribution in [0.25, 0.3) is 0 Å². The van der Waals surface area contributed by atoms with Crippen molar-refractivity contribution in [2.45, 2.75) is 33.2 Å². The van der Waals surface area contributed by atoms with Gasteiger partial charge in [-0.15, -0.1) is 6.58 Å². The van der Waals surface area contributed by atoms with E-state index < -0.39 is 0 Å². The van der Waals surface area contributed by atoms with Crippen LogP contribution in [-0.2, 0) is 0 Å². The van der Waals surface area contributed by atoms with Gasteiger partial charge in [-0.25, -0.2) is 4.39 Å². The first-order valence-electron chi connectivity index (χ1n) is 7.48. The van der Waals surface area contributed by atoms with Crippen LogP contribution < -0.4 is 11.1 Å². The number of nitrogens with zero attached hydrogens (tertiary/aromatic N) is 2. The molecule has 0 saturated carbocycles. The van der Waals surface area contributed by atoms with Gasteiger partial charge in [0, 0.05) is 18.6 Å². The van der Waals surface area contributed by atoms with E-state index in [-0.39, 0.29) is 12.0 Å². The molecule has 3 N–H and O–H groups in total. The molecule has 0 saturated heterocycles. The molecule has 0 spiro atoms. The summed E-state index contributed by atoms with van der Waals surface area (Å²) < 4.78 is 12.7. The van der Waals surface area contributed by atoms with Gasteiger partial charge >= 0.3 is 0 Å². The van der Waals surface area contributed by atoms with Crippen LogP contribution in [-0.4, -0.2) is 31.8 Å². The van der Waals surface area contributed by atoms with E-state index in [2.05, 4.69) is 35.7 Å². The van der Waals surface area contributed by atoms with E-state index in [1.807, 2.05) is 21.3 Å². The fourth-order valence-electron chi connectivity index (χ4n) is 2.45. The summed E-state index contributed by atoms with van der Waals surface area (Å²) in [7, 11) is 3.72. The van der Waals surface area contributed by atoms with Crippen LogP contribution in [0.1, 0.15) is 27.2 Å². The third kappa shape index (κ3) is 4.86. The Morgan fingerprint density at radius 3 is 2.73 bits per heavy atom. The Morgan fingerprint density at radius 2 is 2.23 bits per heavy atom. The van der Waals surface area contributed by atoms with Crippen molar-refractivity contribution in [3.8, 4) is 0 Å². The van der Waals surface area contributed by atoms with E-state index in [1.165, 1.54) is 6.08 Å². The largest absolute Gasteiger partial charge is 0.397 e. The zero-order chi connectivity index (χ0) is 16.7. The van der Waals surface area contributed by atoms with E-state index in [1.54, 1.807) is 6.08 Å². The highest BCUT2D eigenvalue weighted by molar-refractivity contribution is 6.82. The highest BCUT2D eigenvalue weighted by Gasteiger charge is 2.21. The lowest BCUT2D eigenvalue weighted by Gasteiger charge is -2.20. The molecule has 1 heterocycles. The van der Waals surface area contributed by atoms with Crippen molar-refractivity contribution < 1.29 is 4.39 Å². The summed E-state index contributed by atoms with van der Waals surface area (Å²) in [4.78, 5) is 8.91. The van der Waals surface area contributed by atoms with Gasteiger partial charge in [0.15, 0.2) is 0 Å². The minimum atomic E-state index is -0.281. The van der Waals surface area contributed by atoms with Crippen LogP contribution in [0.4, 0.5) is 4.39 Å². The molecule has 1 aliphatic heterocycles. The van der Waals surface area contributed by atoms with Crippen LogP contribution in [0.5, 0.6) is 0 Å². The highest BCUT2D eigenvalue weighted by Crippen LogP contribution is 2.22. The fraction of sp³-hybridized carbons (Fsp3) is 0.500. The van der Waals surface area contributed by atoms with Crippen LogP contribution in [0, 0.1) is 11.8 Å². The third-order valence-electron chi connectivity index (χ3n) is 3.44. The predicted molar refractivity (Wildman–Crippen MR) is 93.7 cm³/mol. The van der Waals surface area contributed by atoms with E-state index in [9.17, 15) is 4.39 Å². The maximum Gasteiger partial charge on any atom is 0.235 e. The van der Waals surface area contributed by atoms with Crippen molar-refractivity contribution >= 4 is 18.7 Å². The number of nitrogens with one attached hydrogen (secondary N) is 1. The molecule has 1 rings (SSSR count). The number of aliphatic imine (C=N–C) groups is 2. The number of halogens is 1. The smallest absolute Gasteiger partial charge is 0.235 e. The van der Waals surface area contributed by atoms with Gasteiger partial charge in [-0.05, 0) is 24.9 Å². The first-order chi connectivity index (χ1) is 10.4. The van der Waals surface area contributed by atoms with Gasteiger partial charge in [-0.2, -0.15) is 0 Å². The minimum absolute atomic E-state index is 0.0739. The molecule has 2 atom stereocenters. The van der Waals surface area contributed by atoms with E-state index in [0.29, 0.717) is 23.8 Å². The van der Waals surface area contributed by atoms with Crippen molar-refractivity contribution in [1.82, 2.24) is 5.32 Å². The summed E-state index contributed by atoms with van der Waals surface area (Å²) in [5.74, 6) is 0.686. The quantitative estimate of drug-likeness (QED) is 0.313. The molecule has 1 radical (unpaired) electrons. The van der Waals surface area contributed by atoms with Gasteiger partial charge in [-0.3, -0.25) is 9.98 Å². The maximum absolute atomic E-state index is 12.7. The van der Waals surface area contributed by atoms with Gasteiger partial charge < -0.3 is 11.1 Å². The number of hydrogen-bond donors (Lipinski definition) is 2. The first kappa shape index (κ1) is 18.2. The zero-order valence-corrected chi connectivity index (χ0v) is 13.8. The Balaban J connectivity index is 3.06. The molecule has 0 aliphatic carbocycles. The van der Waals surface area contributed by atoms with E-state index >= 15 is 0 Å². The van der Waals surface area contributed by atoms with E-state index in [4.69, 9.17) is 5.73 Å². The number of hydrogen-bond acceptors (Lipinski definition) is 3. The average Bonchev–Trinajstić information content (AvgIpc) is 2.85. The summed E-state index contributed by atoms with van der Waals surface area (Å²) >= 11 is 0. The monoisotopic (exact) mass is 303 g/mol. The fourth-order valence-corrected chi connectivity index (χ4v) is 2.45. The molecule has 22 heavy (non-hydrogen) atoms. The summed E-state index contributed by atoms with van der Waals surface area (Å²) in [6, 6.07) is -0.281. The number of nitrogens with two attached hydrogens (primary N) is 1. The highest BCUT2D eigenvalue weighted by atomic mass is 19.1. The Bertz CT molecular complexity index is 520. The molecule has 0 aromatic heterocycles. The minimum Gasteiger partial charge on any atom is -0.397 e. The molecular formula is C16H25BFN4. The third-order valence-corrected chi connectivity index (χ3v) is 3.44. The van der Waals surface area contributed by atoms with Crippen molar-refractivity contribution in [1.29, 1.82) is 0 Å². The van der Waals surface area contributed by atoms with E-state index in [0.717, 1.165) is 17.6 Å². The summed E-state index contributed by atoms with van der Waals surface area (Å²) in [5, 5.41) is 3.05. The SMILES string of the molecule is C=CC(N=C(N)C1=C(NC)[B]C(C)=N1)C(/C=C/F)CC(C)C. The molecule has 1 aliphatic rings. The zero-order valence-electron chi connectivity index (χ0n) is 13.8. The Morgan fingerprint density at radius 1 is 1.55 bits per heavy atom. The lowest BCUT2D eigenvalue weighted by atomic mass is 9.71. The summed E-state index contributed by atoms with van der Waals surface area (Å²) in [6.45, 7) is 9.89. The van der Waals surface area contributed by atoms with Gasteiger partial charge in [0.2, 0.25) is 7.28 Å². The molecule has 2 unspecified atom stereocenters. The van der Waals surface area contributed by atoms with Gasteiger partial charge in [0.1, 0.15) is 11.5 Å². The Labute approximate surface area is 133 Å². The van der Waals surface area contributed by atoms with Gasteiger partial charge in [0.05, 0.1) is 12.4 Å². The molecule has 4 nitrogen and oxygen atoms in total. The predicted octanol–water partition coefficient (Wildman–Crippen LogP) is 2.57. The summed E-state index contributed by atoms with van der Waals surface area (Å²) in [6.07, 6.45) is 4.60. The lowest BCUT2D eigenvalue weighted by molar-refractivity contribution is 0.441. The van der Waals surface area contributed by atoms with Crippen LogP contribution in [0.3, 0.4) is 0 Å². The molecule has 0 bridgehead atoms. The van der Waals surface area contributed by atoms with Crippen molar-refractivity contribution in [3.05, 3.63) is 36.4 Å². The number of rotatable bonds is 8. The second-order valence-electron chi connectivity index (χ2n) is 5.76. The first-order valence-corrected chi connectivity index (χ1v) is 7.48. The second-order valence-corrected chi connectivity index (χ2v) is 5.76. The molecular weight excluding hydrogens is 278 g/mol. The molecule has 119 valence electrons. The van der Waals surface area contributed by atoms with Crippen molar-refractivity contribution in [2.75, 3.05) is 7.05 Å². The Kier molecular flexibility index (Phi) is 7.08. The maximum atomic E-state index is 12.7. The van der Waals surface area contributed by atoms with Crippen molar-refractivity contribution in [2.24, 2.45) is 27.6 Å². The molecule has 0 aromatic rings. The lowest BCUT2D eigenvalue weighted by Crippen LogP contribution is -2.25. The van der Waals surface area contributed by atoms with Gasteiger partial charge in [-0.1, -0.05) is 26.0 Å². The average molecular weight is 303 g/mol. The Hall–Kier alpha value is -1.85. The normalized spacial score (nSPS) is 18.5. The van der Waals surface area contributed by atoms with Crippen LogP contribution in [0.15, 0.2) is 46.3 Å². The standard InChI is InChI=1S/C16H25BFN4/c1-6-13(12(7-8-18)9-10(2)3)22-16(19)14-15(20-5)17-11(4)21-14/h6-8,10,12-13,20H,1,9H2,2-5H3,(H2,19,22)/b8-7+. The van der Waals surface area contributed by atoms with Crippen LogP contribution >= 0.6 is 0 Å². The van der Waals surface area contributed by atoms with Gasteiger partial charge in [0.25, 0.3) is 0 Å². The van der Waals surface area contributed by atoms with Crippen molar-refractivity contribution in [3.63, 3.8) is 0 Å². The second kappa shape index (κ2) is 8.56. The topological polar surface area (TPSA) is 62.8 Å². The molecule has 6 heteroatoms. The van der Waals surface area contributed by atoms with Crippen LogP contribution in [0.2, 0.25) is 0 Å². The number of amidine groups is 1. The molecule has 0 aromatic carbocycles. The molecule has 0 amide bonds. The summed E-state index contributed by atoms with van der Waals surface area (Å²) in [5.41, 5.74) is 8.44. The molecule has 0 fully saturated rings.